The number of aryl methyl sites for hydroxylation is 1. The van der Waals surface area contributed by atoms with Gasteiger partial charge in [0.15, 0.2) is 5.79 Å². The van der Waals surface area contributed by atoms with Crippen molar-refractivity contribution in [3.05, 3.63) is 35.9 Å². The van der Waals surface area contributed by atoms with Crippen molar-refractivity contribution in [2.24, 2.45) is 0 Å². The van der Waals surface area contributed by atoms with E-state index < -0.39 is 15.8 Å². The van der Waals surface area contributed by atoms with Crippen LogP contribution in [0.5, 0.6) is 0 Å². The highest BCUT2D eigenvalue weighted by Crippen LogP contribution is 2.37. The van der Waals surface area contributed by atoms with Gasteiger partial charge in [-0.1, -0.05) is 36.8 Å². The number of hydrogen-bond acceptors (Lipinski definition) is 4. The Morgan fingerprint density at radius 1 is 1.13 bits per heavy atom. The number of hydrogen-bond donors (Lipinski definition) is 1. The van der Waals surface area contributed by atoms with Crippen LogP contribution in [0.3, 0.4) is 0 Å². The second kappa shape index (κ2) is 7.30. The smallest absolute Gasteiger partial charge is 0.212 e. The van der Waals surface area contributed by atoms with Gasteiger partial charge in [0.1, 0.15) is 0 Å². The van der Waals surface area contributed by atoms with Crippen molar-refractivity contribution in [1.82, 2.24) is 4.72 Å². The Morgan fingerprint density at radius 3 is 2.61 bits per heavy atom. The van der Waals surface area contributed by atoms with Gasteiger partial charge in [0.05, 0.1) is 18.5 Å². The minimum atomic E-state index is -3.30. The maximum atomic E-state index is 12.1. The number of rotatable bonds is 6. The van der Waals surface area contributed by atoms with E-state index in [2.05, 4.69) is 4.72 Å². The molecule has 1 unspecified atom stereocenters. The summed E-state index contributed by atoms with van der Waals surface area (Å²) >= 11 is 0. The molecule has 128 valence electrons. The predicted octanol–water partition coefficient (Wildman–Crippen LogP) is 2.22. The molecule has 1 heterocycles. The van der Waals surface area contributed by atoms with Gasteiger partial charge in [0, 0.05) is 19.4 Å². The van der Waals surface area contributed by atoms with Crippen LogP contribution in [0.2, 0.25) is 0 Å². The Balaban J connectivity index is 1.44. The van der Waals surface area contributed by atoms with Crippen molar-refractivity contribution in [2.75, 3.05) is 18.9 Å². The predicted molar refractivity (Wildman–Crippen MR) is 88.6 cm³/mol. The van der Waals surface area contributed by atoms with Gasteiger partial charge in [0.25, 0.3) is 0 Å². The first-order valence-corrected chi connectivity index (χ1v) is 10.1. The van der Waals surface area contributed by atoms with Crippen LogP contribution >= 0.6 is 0 Å². The molecule has 3 rings (SSSR count). The van der Waals surface area contributed by atoms with Crippen LogP contribution < -0.4 is 4.72 Å². The molecule has 1 spiro atoms. The van der Waals surface area contributed by atoms with E-state index in [-0.39, 0.29) is 11.9 Å². The molecule has 1 aromatic rings. The first-order valence-electron chi connectivity index (χ1n) is 8.40. The minimum absolute atomic E-state index is 0.0930. The van der Waals surface area contributed by atoms with Gasteiger partial charge in [-0.3, -0.25) is 0 Å². The maximum absolute atomic E-state index is 12.1. The molecular weight excluding hydrogens is 314 g/mol. The highest BCUT2D eigenvalue weighted by atomic mass is 32.2. The Hall–Kier alpha value is -0.950. The first-order chi connectivity index (χ1) is 11.1. The third-order valence-electron chi connectivity index (χ3n) is 4.56. The molecule has 1 saturated heterocycles. The first kappa shape index (κ1) is 16.9. The molecule has 1 saturated carbocycles. The molecule has 1 aliphatic carbocycles. The molecule has 0 amide bonds. The van der Waals surface area contributed by atoms with E-state index in [4.69, 9.17) is 9.47 Å². The molecule has 1 atom stereocenters. The quantitative estimate of drug-likeness (QED) is 0.863. The third-order valence-corrected chi connectivity index (χ3v) is 5.91. The largest absolute Gasteiger partial charge is 0.347 e. The van der Waals surface area contributed by atoms with E-state index in [0.29, 0.717) is 19.6 Å². The second-order valence-electron chi connectivity index (χ2n) is 6.43. The van der Waals surface area contributed by atoms with Crippen LogP contribution in [0, 0.1) is 0 Å². The lowest BCUT2D eigenvalue weighted by atomic mass is 9.94. The SMILES string of the molecule is O=S(=O)(CCc1ccccc1)NCC1COC2(CCCCC2)O1. The van der Waals surface area contributed by atoms with Crippen LogP contribution in [-0.4, -0.2) is 39.2 Å². The van der Waals surface area contributed by atoms with E-state index in [9.17, 15) is 8.42 Å². The van der Waals surface area contributed by atoms with Crippen LogP contribution in [0.1, 0.15) is 37.7 Å². The van der Waals surface area contributed by atoms with Gasteiger partial charge in [-0.2, -0.15) is 0 Å². The average Bonchev–Trinajstić information content (AvgIpc) is 2.96. The number of nitrogens with one attached hydrogen (secondary N) is 1. The summed E-state index contributed by atoms with van der Waals surface area (Å²) in [7, 11) is -3.30. The summed E-state index contributed by atoms with van der Waals surface area (Å²) in [5, 5.41) is 0. The van der Waals surface area contributed by atoms with Gasteiger partial charge >= 0.3 is 0 Å². The summed E-state index contributed by atoms with van der Waals surface area (Å²) < 4.78 is 38.7. The van der Waals surface area contributed by atoms with Crippen LogP contribution in [0.15, 0.2) is 30.3 Å². The Kier molecular flexibility index (Phi) is 5.36. The number of sulfonamides is 1. The lowest BCUT2D eigenvalue weighted by molar-refractivity contribution is -0.186. The zero-order chi connectivity index (χ0) is 16.2. The number of benzene rings is 1. The van der Waals surface area contributed by atoms with E-state index in [1.54, 1.807) is 0 Å². The van der Waals surface area contributed by atoms with Gasteiger partial charge in [-0.25, -0.2) is 13.1 Å². The second-order valence-corrected chi connectivity index (χ2v) is 8.35. The zero-order valence-corrected chi connectivity index (χ0v) is 14.2. The summed E-state index contributed by atoms with van der Waals surface area (Å²) in [6.45, 7) is 0.764. The minimum Gasteiger partial charge on any atom is -0.347 e. The van der Waals surface area contributed by atoms with Crippen molar-refractivity contribution in [1.29, 1.82) is 0 Å². The van der Waals surface area contributed by atoms with Crippen molar-refractivity contribution >= 4 is 10.0 Å². The molecule has 1 aromatic carbocycles. The van der Waals surface area contributed by atoms with E-state index in [1.165, 1.54) is 6.42 Å². The third kappa shape index (κ3) is 4.76. The fraction of sp³-hybridized carbons (Fsp3) is 0.647. The highest BCUT2D eigenvalue weighted by molar-refractivity contribution is 7.89. The molecule has 1 N–H and O–H groups in total. The average molecular weight is 339 g/mol. The van der Waals surface area contributed by atoms with Crippen LogP contribution in [0.4, 0.5) is 0 Å². The summed E-state index contributed by atoms with van der Waals surface area (Å²) in [5.74, 6) is -0.353. The Labute approximate surface area is 138 Å². The molecule has 2 aliphatic rings. The van der Waals surface area contributed by atoms with Gasteiger partial charge < -0.3 is 9.47 Å². The normalized spacial score (nSPS) is 24.1. The summed E-state index contributed by atoms with van der Waals surface area (Å²) in [6.07, 6.45) is 5.65. The standard InChI is InChI=1S/C17H25NO4S/c19-23(20,12-9-15-7-3-1-4-8-15)18-13-16-14-21-17(22-16)10-5-2-6-11-17/h1,3-4,7-8,16,18H,2,5-6,9-14H2. The molecule has 2 fully saturated rings. The molecular formula is C17H25NO4S. The van der Waals surface area contributed by atoms with Crippen molar-refractivity contribution in [3.63, 3.8) is 0 Å². The van der Waals surface area contributed by atoms with E-state index in [0.717, 1.165) is 31.2 Å². The highest BCUT2D eigenvalue weighted by Gasteiger charge is 2.42. The van der Waals surface area contributed by atoms with Gasteiger partial charge in [0.2, 0.25) is 10.0 Å². The van der Waals surface area contributed by atoms with Crippen LogP contribution in [-0.2, 0) is 25.9 Å². The Bertz CT molecular complexity index is 596. The number of ether oxygens (including phenoxy) is 2. The van der Waals surface area contributed by atoms with Gasteiger partial charge in [-0.05, 0) is 24.8 Å². The molecule has 0 radical (unpaired) electrons. The molecule has 1 aliphatic heterocycles. The molecule has 0 bridgehead atoms. The molecule has 5 nitrogen and oxygen atoms in total. The molecule has 23 heavy (non-hydrogen) atoms. The molecule has 6 heteroatoms. The lowest BCUT2D eigenvalue weighted by Crippen LogP contribution is -2.38. The van der Waals surface area contributed by atoms with Crippen molar-refractivity contribution in [2.45, 2.75) is 50.4 Å². The zero-order valence-electron chi connectivity index (χ0n) is 13.4. The van der Waals surface area contributed by atoms with Crippen molar-refractivity contribution in [3.8, 4) is 0 Å². The summed E-state index contributed by atoms with van der Waals surface area (Å²) in [5.41, 5.74) is 1.03. The van der Waals surface area contributed by atoms with Gasteiger partial charge in [-0.15, -0.1) is 0 Å². The monoisotopic (exact) mass is 339 g/mol. The molecule has 0 aromatic heterocycles. The topological polar surface area (TPSA) is 64.6 Å². The van der Waals surface area contributed by atoms with E-state index >= 15 is 0 Å². The van der Waals surface area contributed by atoms with E-state index in [1.807, 2.05) is 30.3 Å². The lowest BCUT2D eigenvalue weighted by Gasteiger charge is -2.31. The maximum Gasteiger partial charge on any atom is 0.212 e. The van der Waals surface area contributed by atoms with Crippen molar-refractivity contribution < 1.29 is 17.9 Å². The fourth-order valence-corrected chi connectivity index (χ4v) is 4.35. The summed E-state index contributed by atoms with van der Waals surface area (Å²) in [6, 6.07) is 9.65. The summed E-state index contributed by atoms with van der Waals surface area (Å²) in [4.78, 5) is 0. The van der Waals surface area contributed by atoms with Crippen LogP contribution in [0.25, 0.3) is 0 Å². The fourth-order valence-electron chi connectivity index (χ4n) is 3.26. The Morgan fingerprint density at radius 2 is 1.87 bits per heavy atom.